The monoisotopic (exact) mass is 304 g/mol. The minimum absolute atomic E-state index is 0.0410. The number of anilines is 1. The van der Waals surface area contributed by atoms with Crippen molar-refractivity contribution in [3.63, 3.8) is 0 Å². The highest BCUT2D eigenvalue weighted by Crippen LogP contribution is 2.30. The molecule has 5 nitrogen and oxygen atoms in total. The summed E-state index contributed by atoms with van der Waals surface area (Å²) in [5.74, 6) is -2.08. The normalized spacial score (nSPS) is 13.0. The zero-order valence-corrected chi connectivity index (χ0v) is 11.5. The summed E-state index contributed by atoms with van der Waals surface area (Å²) in [5, 5.41) is 13.1. The lowest BCUT2D eigenvalue weighted by atomic mass is 10.1. The molecule has 0 unspecified atom stereocenters. The number of amides is 1. The lowest BCUT2D eigenvalue weighted by Crippen LogP contribution is -3.12. The van der Waals surface area contributed by atoms with E-state index in [0.717, 1.165) is 18.2 Å². The number of hydrogen-bond acceptors (Lipinski definition) is 3. The third-order valence-electron chi connectivity index (χ3n) is 2.84. The van der Waals surface area contributed by atoms with E-state index in [1.807, 2.05) is 0 Å². The predicted octanol–water partition coefficient (Wildman–Crippen LogP) is -0.703. The number of benzene rings is 1. The van der Waals surface area contributed by atoms with Gasteiger partial charge in [0.05, 0.1) is 32.0 Å². The fraction of sp³-hybridized carbons (Fsp3) is 0.385. The smallest absolute Gasteiger partial charge is 0.416 e. The SMILES string of the molecule is C[NH+](C)[C@@H](CC(=O)Nc1cccc(C(F)(F)F)c1)C(=O)[O-]. The number of carbonyl (C=O) groups is 2. The van der Waals surface area contributed by atoms with Crippen molar-refractivity contribution in [2.24, 2.45) is 0 Å². The molecule has 0 heterocycles. The van der Waals surface area contributed by atoms with Crippen LogP contribution in [0.2, 0.25) is 0 Å². The van der Waals surface area contributed by atoms with Gasteiger partial charge in [0.1, 0.15) is 6.04 Å². The molecule has 0 bridgehead atoms. The molecule has 0 radical (unpaired) electrons. The van der Waals surface area contributed by atoms with Crippen LogP contribution >= 0.6 is 0 Å². The van der Waals surface area contributed by atoms with Crippen LogP contribution in [-0.2, 0) is 15.8 Å². The minimum Gasteiger partial charge on any atom is -0.544 e. The van der Waals surface area contributed by atoms with E-state index in [0.29, 0.717) is 4.90 Å². The number of alkyl halides is 3. The highest BCUT2D eigenvalue weighted by atomic mass is 19.4. The van der Waals surface area contributed by atoms with Crippen LogP contribution in [0.4, 0.5) is 18.9 Å². The summed E-state index contributed by atoms with van der Waals surface area (Å²) < 4.78 is 37.6. The largest absolute Gasteiger partial charge is 0.544 e. The van der Waals surface area contributed by atoms with Crippen LogP contribution in [-0.4, -0.2) is 32.0 Å². The van der Waals surface area contributed by atoms with Gasteiger partial charge in [-0.25, -0.2) is 0 Å². The molecule has 0 saturated carbocycles. The Morgan fingerprint density at radius 1 is 1.33 bits per heavy atom. The molecule has 0 aromatic heterocycles. The lowest BCUT2D eigenvalue weighted by molar-refractivity contribution is -0.878. The standard InChI is InChI=1S/C13H15F3N2O3/c1-18(2)10(12(20)21)7-11(19)17-9-5-3-4-8(6-9)13(14,15)16/h3-6,10H,7H2,1-2H3,(H,17,19)(H,20,21)/t10-/m0/s1. The van der Waals surface area contributed by atoms with E-state index in [1.54, 1.807) is 0 Å². The summed E-state index contributed by atoms with van der Waals surface area (Å²) in [7, 11) is 3.08. The number of likely N-dealkylation sites (N-methyl/N-ethyl adjacent to an activating group) is 1. The summed E-state index contributed by atoms with van der Waals surface area (Å²) in [4.78, 5) is 23.0. The van der Waals surface area contributed by atoms with Crippen molar-refractivity contribution >= 4 is 17.6 Å². The molecule has 0 aliphatic carbocycles. The number of nitrogens with one attached hydrogen (secondary N) is 2. The Bertz CT molecular complexity index is 530. The second kappa shape index (κ2) is 6.57. The average molecular weight is 304 g/mol. The summed E-state index contributed by atoms with van der Waals surface area (Å²) in [6.07, 6.45) is -4.90. The van der Waals surface area contributed by atoms with Gasteiger partial charge in [-0.05, 0) is 18.2 Å². The van der Waals surface area contributed by atoms with E-state index in [4.69, 9.17) is 0 Å². The Hall–Kier alpha value is -2.09. The number of aliphatic carboxylic acids is 1. The average Bonchev–Trinajstić information content (AvgIpc) is 2.34. The fourth-order valence-electron chi connectivity index (χ4n) is 1.69. The summed E-state index contributed by atoms with van der Waals surface area (Å²) in [6, 6.07) is 3.05. The topological polar surface area (TPSA) is 73.7 Å². The van der Waals surface area contributed by atoms with Crippen molar-refractivity contribution < 1.29 is 32.8 Å². The Labute approximate surface area is 119 Å². The highest BCUT2D eigenvalue weighted by Gasteiger charge is 2.30. The first-order valence-electron chi connectivity index (χ1n) is 6.09. The first kappa shape index (κ1) is 17.0. The van der Waals surface area contributed by atoms with E-state index in [2.05, 4.69) is 5.32 Å². The van der Waals surface area contributed by atoms with Gasteiger partial charge in [0, 0.05) is 5.69 Å². The van der Waals surface area contributed by atoms with Crippen LogP contribution in [0.1, 0.15) is 12.0 Å². The Morgan fingerprint density at radius 2 is 1.95 bits per heavy atom. The fourth-order valence-corrected chi connectivity index (χ4v) is 1.69. The second-order valence-corrected chi connectivity index (χ2v) is 4.78. The molecule has 0 aliphatic heterocycles. The minimum atomic E-state index is -4.51. The molecular formula is C13H15F3N2O3. The molecule has 0 fully saturated rings. The third kappa shape index (κ3) is 5.07. The lowest BCUT2D eigenvalue weighted by Gasteiger charge is -2.21. The van der Waals surface area contributed by atoms with E-state index in [1.165, 1.54) is 20.2 Å². The van der Waals surface area contributed by atoms with Gasteiger partial charge in [0.2, 0.25) is 5.91 Å². The van der Waals surface area contributed by atoms with Crippen LogP contribution in [0.5, 0.6) is 0 Å². The molecule has 116 valence electrons. The number of halogens is 3. The highest BCUT2D eigenvalue weighted by molar-refractivity contribution is 5.93. The van der Waals surface area contributed by atoms with Crippen LogP contribution in [0.25, 0.3) is 0 Å². The van der Waals surface area contributed by atoms with Gasteiger partial charge in [0.25, 0.3) is 0 Å². The summed E-state index contributed by atoms with van der Waals surface area (Å²) >= 11 is 0. The molecule has 8 heteroatoms. The van der Waals surface area contributed by atoms with Gasteiger partial charge in [0.15, 0.2) is 0 Å². The molecule has 1 rings (SSSR count). The van der Waals surface area contributed by atoms with Crippen molar-refractivity contribution in [3.05, 3.63) is 29.8 Å². The van der Waals surface area contributed by atoms with Crippen LogP contribution in [0.3, 0.4) is 0 Å². The van der Waals surface area contributed by atoms with Gasteiger partial charge in [-0.15, -0.1) is 0 Å². The number of quaternary nitrogens is 1. The molecular weight excluding hydrogens is 289 g/mol. The van der Waals surface area contributed by atoms with E-state index in [-0.39, 0.29) is 12.1 Å². The summed E-state index contributed by atoms with van der Waals surface area (Å²) in [5.41, 5.74) is -0.935. The quantitative estimate of drug-likeness (QED) is 0.755. The number of carbonyl (C=O) groups excluding carboxylic acids is 2. The maximum absolute atomic E-state index is 12.5. The summed E-state index contributed by atoms with van der Waals surface area (Å²) in [6.45, 7) is 0. The van der Waals surface area contributed by atoms with E-state index in [9.17, 15) is 27.9 Å². The van der Waals surface area contributed by atoms with Crippen molar-refractivity contribution in [1.82, 2.24) is 0 Å². The number of carboxylic acid groups (broad SMARTS) is 1. The first-order valence-corrected chi connectivity index (χ1v) is 6.09. The van der Waals surface area contributed by atoms with Gasteiger partial charge in [-0.1, -0.05) is 6.07 Å². The Morgan fingerprint density at radius 3 is 2.43 bits per heavy atom. The van der Waals surface area contributed by atoms with E-state index >= 15 is 0 Å². The van der Waals surface area contributed by atoms with Crippen molar-refractivity contribution in [2.45, 2.75) is 18.6 Å². The maximum Gasteiger partial charge on any atom is 0.416 e. The second-order valence-electron chi connectivity index (χ2n) is 4.78. The van der Waals surface area contributed by atoms with Crippen molar-refractivity contribution in [3.8, 4) is 0 Å². The van der Waals surface area contributed by atoms with Crippen LogP contribution in [0, 0.1) is 0 Å². The number of rotatable bonds is 5. The van der Waals surface area contributed by atoms with E-state index < -0.39 is 29.7 Å². The Kier molecular flexibility index (Phi) is 5.31. The van der Waals surface area contributed by atoms with Crippen LogP contribution < -0.4 is 15.3 Å². The molecule has 1 aromatic carbocycles. The van der Waals surface area contributed by atoms with Gasteiger partial charge in [-0.3, -0.25) is 4.79 Å². The van der Waals surface area contributed by atoms with Crippen LogP contribution in [0.15, 0.2) is 24.3 Å². The van der Waals surface area contributed by atoms with Crippen molar-refractivity contribution in [1.29, 1.82) is 0 Å². The van der Waals surface area contributed by atoms with Gasteiger partial charge >= 0.3 is 6.18 Å². The molecule has 2 N–H and O–H groups in total. The zero-order valence-electron chi connectivity index (χ0n) is 11.5. The Balaban J connectivity index is 2.77. The number of carboxylic acids is 1. The third-order valence-corrected chi connectivity index (χ3v) is 2.84. The molecule has 0 spiro atoms. The van der Waals surface area contributed by atoms with Crippen molar-refractivity contribution in [2.75, 3.05) is 19.4 Å². The molecule has 1 amide bonds. The zero-order chi connectivity index (χ0) is 16.2. The molecule has 0 aliphatic rings. The maximum atomic E-state index is 12.5. The molecule has 0 saturated heterocycles. The van der Waals surface area contributed by atoms with Gasteiger partial charge < -0.3 is 20.1 Å². The molecule has 1 aromatic rings. The number of hydrogen-bond donors (Lipinski definition) is 2. The predicted molar refractivity (Wildman–Crippen MR) is 66.3 cm³/mol. The van der Waals surface area contributed by atoms with Gasteiger partial charge in [-0.2, -0.15) is 13.2 Å². The first-order chi connectivity index (χ1) is 9.61. The molecule has 1 atom stereocenters. The molecule has 21 heavy (non-hydrogen) atoms.